The summed E-state index contributed by atoms with van der Waals surface area (Å²) in [5.74, 6) is 0.161. The molecule has 1 N–H and O–H groups in total. The molecule has 0 atom stereocenters. The van der Waals surface area contributed by atoms with Gasteiger partial charge in [-0.1, -0.05) is 34.1 Å². The summed E-state index contributed by atoms with van der Waals surface area (Å²) >= 11 is 3.33. The van der Waals surface area contributed by atoms with E-state index in [1.807, 2.05) is 12.1 Å². The molecule has 0 aromatic heterocycles. The second-order valence-corrected chi connectivity index (χ2v) is 6.09. The Morgan fingerprint density at radius 1 is 1.11 bits per heavy atom. The lowest BCUT2D eigenvalue weighted by Crippen LogP contribution is -2.24. The van der Waals surface area contributed by atoms with Gasteiger partial charge in [0, 0.05) is 10.0 Å². The highest BCUT2D eigenvalue weighted by molar-refractivity contribution is 9.10. The zero-order valence-corrected chi connectivity index (χ0v) is 16.3. The number of rotatable bonds is 9. The number of esters is 1. The first-order chi connectivity index (χ1) is 13.1. The number of halogens is 1. The van der Waals surface area contributed by atoms with Crippen molar-refractivity contribution in [3.05, 3.63) is 58.6 Å². The lowest BCUT2D eigenvalue weighted by atomic mass is 10.2. The second kappa shape index (κ2) is 11.0. The fourth-order valence-corrected chi connectivity index (χ4v) is 2.35. The van der Waals surface area contributed by atoms with Crippen LogP contribution in [-0.4, -0.2) is 37.9 Å². The van der Waals surface area contributed by atoms with Gasteiger partial charge in [0.15, 0.2) is 13.2 Å². The van der Waals surface area contributed by atoms with Gasteiger partial charge in [-0.3, -0.25) is 4.79 Å². The fourth-order valence-electron chi connectivity index (χ4n) is 1.97. The van der Waals surface area contributed by atoms with Crippen molar-refractivity contribution in [2.75, 3.05) is 19.8 Å². The molecule has 142 valence electrons. The van der Waals surface area contributed by atoms with E-state index in [9.17, 15) is 9.59 Å². The third-order valence-electron chi connectivity index (χ3n) is 3.13. The number of amides is 1. The lowest BCUT2D eigenvalue weighted by Gasteiger charge is -2.08. The first-order valence-corrected chi connectivity index (χ1v) is 8.95. The van der Waals surface area contributed by atoms with E-state index in [1.54, 1.807) is 43.3 Å². The molecule has 7 nitrogen and oxygen atoms in total. The summed E-state index contributed by atoms with van der Waals surface area (Å²) < 4.78 is 16.5. The van der Waals surface area contributed by atoms with Crippen LogP contribution >= 0.6 is 15.9 Å². The summed E-state index contributed by atoms with van der Waals surface area (Å²) in [5.41, 5.74) is 2.98. The SMILES string of the molecule is CCOC(=O)COc1ccccc1/C=N\NC(=O)COc1cccc(Br)c1. The minimum atomic E-state index is -0.456. The number of benzene rings is 2. The van der Waals surface area contributed by atoms with Crippen LogP contribution in [0.1, 0.15) is 12.5 Å². The Hall–Kier alpha value is -2.87. The Labute approximate surface area is 165 Å². The van der Waals surface area contributed by atoms with E-state index >= 15 is 0 Å². The summed E-state index contributed by atoms with van der Waals surface area (Å²) in [6.07, 6.45) is 1.43. The molecule has 8 heteroatoms. The van der Waals surface area contributed by atoms with Gasteiger partial charge in [0.05, 0.1) is 12.8 Å². The number of ether oxygens (including phenoxy) is 3. The quantitative estimate of drug-likeness (QED) is 0.372. The van der Waals surface area contributed by atoms with Gasteiger partial charge in [-0.25, -0.2) is 10.2 Å². The molecule has 0 bridgehead atoms. The molecular formula is C19H19BrN2O5. The summed E-state index contributed by atoms with van der Waals surface area (Å²) in [6, 6.07) is 14.2. The Morgan fingerprint density at radius 2 is 1.93 bits per heavy atom. The average molecular weight is 435 g/mol. The van der Waals surface area contributed by atoms with Crippen LogP contribution in [0.4, 0.5) is 0 Å². The lowest BCUT2D eigenvalue weighted by molar-refractivity contribution is -0.145. The van der Waals surface area contributed by atoms with Gasteiger partial charge in [0.2, 0.25) is 0 Å². The Kier molecular flexibility index (Phi) is 8.31. The zero-order valence-electron chi connectivity index (χ0n) is 14.7. The minimum absolute atomic E-state index is 0.172. The molecular weight excluding hydrogens is 416 g/mol. The van der Waals surface area contributed by atoms with Gasteiger partial charge in [0.1, 0.15) is 11.5 Å². The van der Waals surface area contributed by atoms with Crippen LogP contribution in [0.3, 0.4) is 0 Å². The third kappa shape index (κ3) is 7.49. The van der Waals surface area contributed by atoms with Crippen LogP contribution in [0.15, 0.2) is 58.1 Å². The molecule has 2 aromatic carbocycles. The van der Waals surface area contributed by atoms with Gasteiger partial charge < -0.3 is 14.2 Å². The van der Waals surface area contributed by atoms with Crippen molar-refractivity contribution in [2.24, 2.45) is 5.10 Å². The molecule has 0 radical (unpaired) electrons. The molecule has 0 spiro atoms. The topological polar surface area (TPSA) is 86.2 Å². The van der Waals surface area contributed by atoms with Crippen molar-refractivity contribution >= 4 is 34.0 Å². The van der Waals surface area contributed by atoms with Crippen molar-refractivity contribution in [1.29, 1.82) is 0 Å². The fraction of sp³-hybridized carbons (Fsp3) is 0.211. The van der Waals surface area contributed by atoms with E-state index in [2.05, 4.69) is 26.5 Å². The Bertz CT molecular complexity index is 810. The van der Waals surface area contributed by atoms with Crippen LogP contribution in [0, 0.1) is 0 Å². The first-order valence-electron chi connectivity index (χ1n) is 8.16. The van der Waals surface area contributed by atoms with Crippen LogP contribution in [0.5, 0.6) is 11.5 Å². The number of carbonyl (C=O) groups is 2. The monoisotopic (exact) mass is 434 g/mol. The highest BCUT2D eigenvalue weighted by atomic mass is 79.9. The molecule has 0 aliphatic rings. The molecule has 0 aliphatic heterocycles. The van der Waals surface area contributed by atoms with Gasteiger partial charge in [-0.05, 0) is 37.3 Å². The number of hydrogen-bond acceptors (Lipinski definition) is 6. The number of carbonyl (C=O) groups excluding carboxylic acids is 2. The van der Waals surface area contributed by atoms with Gasteiger partial charge >= 0.3 is 5.97 Å². The van der Waals surface area contributed by atoms with Crippen molar-refractivity contribution < 1.29 is 23.8 Å². The van der Waals surface area contributed by atoms with E-state index < -0.39 is 11.9 Å². The molecule has 0 saturated heterocycles. The zero-order chi connectivity index (χ0) is 19.5. The van der Waals surface area contributed by atoms with E-state index in [0.717, 1.165) is 4.47 Å². The summed E-state index contributed by atoms with van der Waals surface area (Å²) in [7, 11) is 0. The molecule has 0 heterocycles. The smallest absolute Gasteiger partial charge is 0.344 e. The minimum Gasteiger partial charge on any atom is -0.484 e. The number of nitrogens with one attached hydrogen (secondary N) is 1. The second-order valence-electron chi connectivity index (χ2n) is 5.17. The van der Waals surface area contributed by atoms with Gasteiger partial charge in [-0.2, -0.15) is 5.10 Å². The Balaban J connectivity index is 1.84. The van der Waals surface area contributed by atoms with Crippen molar-refractivity contribution in [3.8, 4) is 11.5 Å². The molecule has 0 unspecified atom stereocenters. The summed E-state index contributed by atoms with van der Waals surface area (Å²) in [4.78, 5) is 23.2. The molecule has 27 heavy (non-hydrogen) atoms. The van der Waals surface area contributed by atoms with Crippen LogP contribution in [-0.2, 0) is 14.3 Å². The van der Waals surface area contributed by atoms with Crippen molar-refractivity contribution in [1.82, 2.24) is 5.43 Å². The molecule has 0 saturated carbocycles. The maximum absolute atomic E-state index is 11.8. The maximum Gasteiger partial charge on any atom is 0.344 e. The highest BCUT2D eigenvalue weighted by Crippen LogP contribution is 2.17. The van der Waals surface area contributed by atoms with Crippen LogP contribution in [0.2, 0.25) is 0 Å². The Morgan fingerprint density at radius 3 is 2.70 bits per heavy atom. The van der Waals surface area contributed by atoms with E-state index in [-0.39, 0.29) is 13.2 Å². The van der Waals surface area contributed by atoms with Gasteiger partial charge in [-0.15, -0.1) is 0 Å². The number of para-hydroxylation sites is 1. The van der Waals surface area contributed by atoms with Crippen molar-refractivity contribution in [2.45, 2.75) is 6.92 Å². The first kappa shape index (κ1) is 20.4. The number of nitrogens with zero attached hydrogens (tertiary/aromatic N) is 1. The number of hydrazone groups is 1. The molecule has 1 amide bonds. The van der Waals surface area contributed by atoms with E-state index in [0.29, 0.717) is 23.7 Å². The van der Waals surface area contributed by atoms with E-state index in [1.165, 1.54) is 6.21 Å². The molecule has 0 fully saturated rings. The molecule has 2 aromatic rings. The summed E-state index contributed by atoms with van der Waals surface area (Å²) in [5, 5.41) is 3.89. The molecule has 0 aliphatic carbocycles. The normalized spacial score (nSPS) is 10.4. The average Bonchev–Trinajstić information content (AvgIpc) is 2.66. The van der Waals surface area contributed by atoms with Crippen LogP contribution in [0.25, 0.3) is 0 Å². The largest absolute Gasteiger partial charge is 0.484 e. The maximum atomic E-state index is 11.8. The predicted octanol–water partition coefficient (Wildman–Crippen LogP) is 2.92. The standard InChI is InChI=1S/C19H19BrN2O5/c1-2-25-19(24)13-27-17-9-4-3-6-14(17)11-21-22-18(23)12-26-16-8-5-7-15(20)10-16/h3-11H,2,12-13H2,1H3,(H,22,23)/b21-11-. The predicted molar refractivity (Wildman–Crippen MR) is 104 cm³/mol. The molecule has 2 rings (SSSR count). The van der Waals surface area contributed by atoms with Crippen LogP contribution < -0.4 is 14.9 Å². The van der Waals surface area contributed by atoms with E-state index in [4.69, 9.17) is 14.2 Å². The van der Waals surface area contributed by atoms with Crippen molar-refractivity contribution in [3.63, 3.8) is 0 Å². The van der Waals surface area contributed by atoms with Gasteiger partial charge in [0.25, 0.3) is 5.91 Å². The number of hydrogen-bond donors (Lipinski definition) is 1. The summed E-state index contributed by atoms with van der Waals surface area (Å²) in [6.45, 7) is 1.64. The third-order valence-corrected chi connectivity index (χ3v) is 3.62. The highest BCUT2D eigenvalue weighted by Gasteiger charge is 2.06.